The number of halogens is 1. The number of benzene rings is 3. The number of nitrogens with zero attached hydrogens (tertiary/aromatic N) is 1. The smallest absolute Gasteiger partial charge is 0.261 e. The van der Waals surface area contributed by atoms with Crippen LogP contribution in [0.25, 0.3) is 0 Å². The Labute approximate surface area is 215 Å². The second-order valence-electron chi connectivity index (χ2n) is 8.11. The van der Waals surface area contributed by atoms with Crippen molar-refractivity contribution < 1.29 is 26.4 Å². The summed E-state index contributed by atoms with van der Waals surface area (Å²) in [5, 5.41) is 2.70. The molecule has 1 fully saturated rings. The van der Waals surface area contributed by atoms with E-state index >= 15 is 0 Å². The summed E-state index contributed by atoms with van der Waals surface area (Å²) in [5.74, 6) is -0.632. The first-order valence-corrected chi connectivity index (χ1v) is 14.2. The second kappa shape index (κ2) is 10.6. The maximum atomic E-state index is 12.9. The molecule has 3 aromatic rings. The predicted octanol–water partition coefficient (Wildman–Crippen LogP) is 3.72. The molecular formula is C24H24ClN3O6S2. The van der Waals surface area contributed by atoms with Crippen LogP contribution in [-0.2, 0) is 24.8 Å². The zero-order valence-corrected chi connectivity index (χ0v) is 21.7. The number of hydrogen-bond donors (Lipinski definition) is 2. The lowest BCUT2D eigenvalue weighted by molar-refractivity contribution is 0.0730. The summed E-state index contributed by atoms with van der Waals surface area (Å²) in [7, 11) is -7.64. The fourth-order valence-electron chi connectivity index (χ4n) is 3.53. The highest BCUT2D eigenvalue weighted by Crippen LogP contribution is 2.25. The zero-order chi connectivity index (χ0) is 25.9. The van der Waals surface area contributed by atoms with Crippen LogP contribution in [0, 0.1) is 6.92 Å². The maximum Gasteiger partial charge on any atom is 0.261 e. The monoisotopic (exact) mass is 549 g/mol. The number of anilines is 2. The third-order valence-corrected chi connectivity index (χ3v) is 9.14. The summed E-state index contributed by atoms with van der Waals surface area (Å²) < 4.78 is 60.2. The first kappa shape index (κ1) is 26.1. The highest BCUT2D eigenvalue weighted by Gasteiger charge is 2.27. The van der Waals surface area contributed by atoms with Gasteiger partial charge in [-0.3, -0.25) is 9.52 Å². The number of rotatable bonds is 7. The van der Waals surface area contributed by atoms with Crippen LogP contribution in [0.3, 0.4) is 0 Å². The fourth-order valence-corrected chi connectivity index (χ4v) is 6.22. The molecule has 36 heavy (non-hydrogen) atoms. The lowest BCUT2D eigenvalue weighted by Gasteiger charge is -2.26. The Bertz CT molecular complexity index is 1470. The van der Waals surface area contributed by atoms with E-state index in [1.807, 2.05) is 6.92 Å². The van der Waals surface area contributed by atoms with Crippen molar-refractivity contribution in [2.45, 2.75) is 16.7 Å². The Morgan fingerprint density at radius 3 is 2.08 bits per heavy atom. The van der Waals surface area contributed by atoms with Crippen LogP contribution in [-0.4, -0.2) is 53.4 Å². The summed E-state index contributed by atoms with van der Waals surface area (Å²) in [4.78, 5) is 12.8. The van der Waals surface area contributed by atoms with E-state index in [0.717, 1.165) is 5.56 Å². The van der Waals surface area contributed by atoms with E-state index in [-0.39, 0.29) is 33.5 Å². The average molecular weight is 550 g/mol. The van der Waals surface area contributed by atoms with Gasteiger partial charge in [0.15, 0.2) is 0 Å². The van der Waals surface area contributed by atoms with Gasteiger partial charge in [-0.15, -0.1) is 0 Å². The molecule has 1 aliphatic heterocycles. The van der Waals surface area contributed by atoms with Gasteiger partial charge < -0.3 is 10.1 Å². The molecule has 9 nitrogen and oxygen atoms in total. The van der Waals surface area contributed by atoms with Gasteiger partial charge in [0.1, 0.15) is 0 Å². The normalized spacial score (nSPS) is 14.8. The number of morpholine rings is 1. The molecule has 0 aliphatic carbocycles. The number of aryl methyl sites for hydroxylation is 1. The second-order valence-corrected chi connectivity index (χ2v) is 12.1. The molecule has 3 aromatic carbocycles. The molecule has 1 amide bonds. The van der Waals surface area contributed by atoms with Gasteiger partial charge in [0, 0.05) is 24.5 Å². The largest absolute Gasteiger partial charge is 0.379 e. The summed E-state index contributed by atoms with van der Waals surface area (Å²) in [5.41, 5.74) is 1.72. The zero-order valence-electron chi connectivity index (χ0n) is 19.3. The van der Waals surface area contributed by atoms with Crippen LogP contribution in [0.2, 0.25) is 5.02 Å². The van der Waals surface area contributed by atoms with Crippen molar-refractivity contribution in [2.24, 2.45) is 0 Å². The Hall–Kier alpha value is -2.96. The minimum Gasteiger partial charge on any atom is -0.379 e. The van der Waals surface area contributed by atoms with Crippen LogP contribution in [0.1, 0.15) is 15.9 Å². The van der Waals surface area contributed by atoms with Gasteiger partial charge in [0.25, 0.3) is 15.9 Å². The van der Waals surface area contributed by atoms with Crippen LogP contribution < -0.4 is 10.0 Å². The number of carbonyl (C=O) groups is 1. The Morgan fingerprint density at radius 1 is 0.861 bits per heavy atom. The quantitative estimate of drug-likeness (QED) is 0.463. The first-order chi connectivity index (χ1) is 17.1. The SMILES string of the molecule is Cc1ccc(NS(=O)(=O)c2ccc(NC(=O)c3cc(S(=O)(=O)N4CCOCC4)ccc3Cl)cc2)cc1. The van der Waals surface area contributed by atoms with E-state index in [4.69, 9.17) is 16.3 Å². The van der Waals surface area contributed by atoms with Crippen LogP contribution in [0.15, 0.2) is 76.5 Å². The molecule has 12 heteroatoms. The van der Waals surface area contributed by atoms with Crippen molar-refractivity contribution in [3.8, 4) is 0 Å². The Kier molecular flexibility index (Phi) is 7.67. The van der Waals surface area contributed by atoms with Gasteiger partial charge >= 0.3 is 0 Å². The highest BCUT2D eigenvalue weighted by molar-refractivity contribution is 7.92. The number of nitrogens with one attached hydrogen (secondary N) is 2. The van der Waals surface area contributed by atoms with Crippen LogP contribution in [0.5, 0.6) is 0 Å². The lowest BCUT2D eigenvalue weighted by atomic mass is 10.2. The minimum absolute atomic E-state index is 0.0118. The third-order valence-electron chi connectivity index (χ3n) is 5.52. The van der Waals surface area contributed by atoms with E-state index in [1.165, 1.54) is 46.8 Å². The molecule has 1 aliphatic rings. The summed E-state index contributed by atoms with van der Waals surface area (Å²) in [6, 6.07) is 16.4. The topological polar surface area (TPSA) is 122 Å². The predicted molar refractivity (Wildman–Crippen MR) is 137 cm³/mol. The number of carbonyl (C=O) groups excluding carboxylic acids is 1. The number of sulfonamides is 2. The molecule has 1 heterocycles. The summed E-state index contributed by atoms with van der Waals surface area (Å²) in [6.07, 6.45) is 0. The molecule has 4 rings (SSSR count). The van der Waals surface area contributed by atoms with E-state index in [2.05, 4.69) is 10.0 Å². The van der Waals surface area contributed by atoms with Crippen molar-refractivity contribution in [2.75, 3.05) is 36.3 Å². The van der Waals surface area contributed by atoms with Crippen molar-refractivity contribution in [1.29, 1.82) is 0 Å². The lowest BCUT2D eigenvalue weighted by Crippen LogP contribution is -2.40. The molecule has 0 atom stereocenters. The molecule has 0 radical (unpaired) electrons. The van der Waals surface area contributed by atoms with Crippen molar-refractivity contribution in [3.05, 3.63) is 82.9 Å². The molecule has 0 spiro atoms. The minimum atomic E-state index is -3.83. The molecular weight excluding hydrogens is 526 g/mol. The number of amides is 1. The third kappa shape index (κ3) is 5.88. The van der Waals surface area contributed by atoms with Crippen LogP contribution in [0.4, 0.5) is 11.4 Å². The van der Waals surface area contributed by atoms with Gasteiger partial charge in [0.05, 0.1) is 33.6 Å². The van der Waals surface area contributed by atoms with Gasteiger partial charge in [0.2, 0.25) is 10.0 Å². The molecule has 0 bridgehead atoms. The molecule has 1 saturated heterocycles. The Morgan fingerprint density at radius 2 is 1.44 bits per heavy atom. The van der Waals surface area contributed by atoms with Crippen LogP contribution >= 0.6 is 11.6 Å². The van der Waals surface area contributed by atoms with Gasteiger partial charge in [-0.05, 0) is 61.5 Å². The Balaban J connectivity index is 1.49. The fraction of sp³-hybridized carbons (Fsp3) is 0.208. The molecule has 2 N–H and O–H groups in total. The van der Waals surface area contributed by atoms with E-state index in [1.54, 1.807) is 24.3 Å². The maximum absolute atomic E-state index is 12.9. The van der Waals surface area contributed by atoms with Crippen molar-refractivity contribution in [3.63, 3.8) is 0 Å². The molecule has 0 saturated carbocycles. The molecule has 0 aromatic heterocycles. The average Bonchev–Trinajstić information content (AvgIpc) is 2.86. The summed E-state index contributed by atoms with van der Waals surface area (Å²) in [6.45, 7) is 2.94. The molecule has 190 valence electrons. The first-order valence-electron chi connectivity index (χ1n) is 10.9. The highest BCUT2D eigenvalue weighted by atomic mass is 35.5. The molecule has 0 unspecified atom stereocenters. The summed E-state index contributed by atoms with van der Waals surface area (Å²) >= 11 is 6.19. The van der Waals surface area contributed by atoms with E-state index in [0.29, 0.717) is 24.6 Å². The van der Waals surface area contributed by atoms with E-state index < -0.39 is 26.0 Å². The standard InChI is InChI=1S/C24H24ClN3O6S2/c1-17-2-4-19(5-3-17)27-35(30,31)20-8-6-18(7-9-20)26-24(29)22-16-21(10-11-23(22)25)36(32,33)28-12-14-34-15-13-28/h2-11,16,27H,12-15H2,1H3,(H,26,29). The van der Waals surface area contributed by atoms with Gasteiger partial charge in [-0.2, -0.15) is 4.31 Å². The van der Waals surface area contributed by atoms with Gasteiger partial charge in [-0.25, -0.2) is 16.8 Å². The number of ether oxygens (including phenoxy) is 1. The van der Waals surface area contributed by atoms with Crippen molar-refractivity contribution >= 4 is 48.9 Å². The number of hydrogen-bond acceptors (Lipinski definition) is 6. The van der Waals surface area contributed by atoms with E-state index in [9.17, 15) is 21.6 Å². The van der Waals surface area contributed by atoms with Crippen molar-refractivity contribution in [1.82, 2.24) is 4.31 Å². The van der Waals surface area contributed by atoms with Gasteiger partial charge in [-0.1, -0.05) is 29.3 Å².